The van der Waals surface area contributed by atoms with Crippen molar-refractivity contribution in [2.24, 2.45) is 0 Å². The minimum absolute atomic E-state index is 0.0175. The number of esters is 1. The maximum atomic E-state index is 12.5. The lowest BCUT2D eigenvalue weighted by atomic mass is 10.0. The van der Waals surface area contributed by atoms with E-state index in [9.17, 15) is 19.8 Å². The molecule has 1 amide bonds. The molecule has 2 unspecified atom stereocenters. The van der Waals surface area contributed by atoms with Gasteiger partial charge in [0, 0.05) is 12.8 Å². The average molecular weight is 1200 g/mol. The molecule has 0 aliphatic carbocycles. The fourth-order valence-electron chi connectivity index (χ4n) is 12.3. The van der Waals surface area contributed by atoms with E-state index in [0.29, 0.717) is 19.4 Å². The number of carbonyl (C=O) groups is 2. The van der Waals surface area contributed by atoms with Crippen LogP contribution in [0.3, 0.4) is 0 Å². The number of ether oxygens (including phenoxy) is 1. The van der Waals surface area contributed by atoms with Crippen molar-refractivity contribution in [2.75, 3.05) is 13.2 Å². The topological polar surface area (TPSA) is 95.9 Å². The summed E-state index contributed by atoms with van der Waals surface area (Å²) < 4.78 is 5.50. The molecule has 2 atom stereocenters. The zero-order valence-corrected chi connectivity index (χ0v) is 57.6. The molecule has 0 rings (SSSR count). The van der Waals surface area contributed by atoms with Crippen molar-refractivity contribution < 1.29 is 24.5 Å². The maximum absolute atomic E-state index is 12.5. The number of carbonyl (C=O) groups excluding carboxylic acids is 2. The fourth-order valence-corrected chi connectivity index (χ4v) is 12.3. The van der Waals surface area contributed by atoms with Crippen LogP contribution in [-0.2, 0) is 14.3 Å². The summed E-state index contributed by atoms with van der Waals surface area (Å²) in [7, 11) is 0. The van der Waals surface area contributed by atoms with Gasteiger partial charge in [-0.25, -0.2) is 0 Å². The molecule has 0 radical (unpaired) electrons. The number of hydrogen-bond donors (Lipinski definition) is 3. The highest BCUT2D eigenvalue weighted by atomic mass is 16.5. The van der Waals surface area contributed by atoms with Gasteiger partial charge in [-0.1, -0.05) is 391 Å². The van der Waals surface area contributed by atoms with Gasteiger partial charge in [-0.3, -0.25) is 9.59 Å². The van der Waals surface area contributed by atoms with Gasteiger partial charge in [0.05, 0.1) is 25.4 Å². The third kappa shape index (κ3) is 71.0. The van der Waals surface area contributed by atoms with Gasteiger partial charge in [-0.05, 0) is 64.2 Å². The van der Waals surface area contributed by atoms with Crippen molar-refractivity contribution in [3.8, 4) is 0 Å². The lowest BCUT2D eigenvalue weighted by Gasteiger charge is -2.20. The van der Waals surface area contributed by atoms with E-state index in [0.717, 1.165) is 44.9 Å². The molecular formula is C79H151NO5. The van der Waals surface area contributed by atoms with E-state index in [-0.39, 0.29) is 18.5 Å². The Morgan fingerprint density at radius 2 is 0.588 bits per heavy atom. The Bertz CT molecular complexity index is 1380. The SMILES string of the molecule is CCCCCCCCCCCCCCCCCCCC/C=C/C(O)C(CO)NC(=O)CCCCCCCCCCCCCCCCCCC/C=C\C/C=C\CCCCCCCCCCCOC(=O)CCCCCCCCCCCCCCCCC. The normalized spacial score (nSPS) is 12.7. The van der Waals surface area contributed by atoms with Crippen molar-refractivity contribution in [1.82, 2.24) is 5.32 Å². The highest BCUT2D eigenvalue weighted by Crippen LogP contribution is 2.19. The van der Waals surface area contributed by atoms with Gasteiger partial charge >= 0.3 is 5.97 Å². The Labute approximate surface area is 532 Å². The van der Waals surface area contributed by atoms with E-state index >= 15 is 0 Å². The zero-order chi connectivity index (χ0) is 61.3. The molecular weight excluding hydrogens is 1040 g/mol. The zero-order valence-electron chi connectivity index (χ0n) is 57.6. The lowest BCUT2D eigenvalue weighted by molar-refractivity contribution is -0.143. The molecule has 85 heavy (non-hydrogen) atoms. The average Bonchev–Trinajstić information content (AvgIpc) is 3.51. The van der Waals surface area contributed by atoms with Crippen LogP contribution >= 0.6 is 0 Å². The minimum Gasteiger partial charge on any atom is -0.466 e. The minimum atomic E-state index is -0.844. The first-order chi connectivity index (χ1) is 42.0. The number of hydrogen-bond acceptors (Lipinski definition) is 5. The standard InChI is InChI=1S/C79H151NO5/c1-3-5-7-9-11-13-15-17-19-20-21-37-40-44-47-51-55-59-63-67-71-77(82)76(75-81)80-78(83)72-68-64-60-56-52-48-45-41-38-35-33-31-29-27-25-23-22-24-26-28-30-32-34-36-39-42-46-50-54-58-62-66-70-74-85-79(84)73-69-65-61-57-53-49-43-18-16-14-12-10-8-6-4-2/h26,28,32,34,67,71,76-77,81-82H,3-25,27,29-31,33,35-66,68-70,72-75H2,1-2H3,(H,80,83)/b28-26-,34-32-,71-67+. The van der Waals surface area contributed by atoms with E-state index in [2.05, 4.69) is 43.5 Å². The lowest BCUT2D eigenvalue weighted by Crippen LogP contribution is -2.45. The van der Waals surface area contributed by atoms with Gasteiger partial charge in [0.2, 0.25) is 5.91 Å². The largest absolute Gasteiger partial charge is 0.466 e. The summed E-state index contributed by atoms with van der Waals surface area (Å²) in [6, 6.07) is -0.628. The fraction of sp³-hybridized carbons (Fsp3) is 0.899. The molecule has 0 aliphatic rings. The van der Waals surface area contributed by atoms with Gasteiger partial charge in [0.1, 0.15) is 0 Å². The van der Waals surface area contributed by atoms with E-state index in [4.69, 9.17) is 4.74 Å². The van der Waals surface area contributed by atoms with Crippen molar-refractivity contribution in [3.05, 3.63) is 36.5 Å². The molecule has 0 saturated carbocycles. The molecule has 0 saturated heterocycles. The van der Waals surface area contributed by atoms with Crippen LogP contribution in [0, 0.1) is 0 Å². The van der Waals surface area contributed by atoms with Crippen molar-refractivity contribution >= 4 is 11.9 Å². The molecule has 6 heteroatoms. The number of amides is 1. The molecule has 502 valence electrons. The molecule has 3 N–H and O–H groups in total. The number of rotatable bonds is 73. The molecule has 0 aromatic rings. The molecule has 0 aliphatic heterocycles. The Morgan fingerprint density at radius 1 is 0.329 bits per heavy atom. The summed E-state index contributed by atoms with van der Waals surface area (Å²) in [5.41, 5.74) is 0. The summed E-state index contributed by atoms with van der Waals surface area (Å²) in [4.78, 5) is 24.6. The number of aliphatic hydroxyl groups is 2. The summed E-state index contributed by atoms with van der Waals surface area (Å²) in [5.74, 6) is -0.0445. The number of nitrogens with one attached hydrogen (secondary N) is 1. The van der Waals surface area contributed by atoms with Crippen LogP contribution in [0.5, 0.6) is 0 Å². The summed E-state index contributed by atoms with van der Waals surface area (Å²) in [6.45, 7) is 4.95. The second kappa shape index (κ2) is 74.5. The molecule has 0 heterocycles. The predicted octanol–water partition coefficient (Wildman–Crippen LogP) is 25.4. The number of allylic oxidation sites excluding steroid dienone is 5. The first-order valence-electron chi connectivity index (χ1n) is 38.8. The van der Waals surface area contributed by atoms with E-state index in [1.54, 1.807) is 6.08 Å². The Morgan fingerprint density at radius 3 is 0.894 bits per heavy atom. The highest BCUT2D eigenvalue weighted by molar-refractivity contribution is 5.76. The molecule has 0 aromatic heterocycles. The molecule has 0 spiro atoms. The third-order valence-corrected chi connectivity index (χ3v) is 18.2. The van der Waals surface area contributed by atoms with Crippen molar-refractivity contribution in [3.63, 3.8) is 0 Å². The second-order valence-electron chi connectivity index (χ2n) is 26.7. The Kier molecular flexibility index (Phi) is 72.9. The van der Waals surface area contributed by atoms with Gasteiger partial charge in [0.15, 0.2) is 0 Å². The second-order valence-corrected chi connectivity index (χ2v) is 26.7. The summed E-state index contributed by atoms with van der Waals surface area (Å²) >= 11 is 0. The van der Waals surface area contributed by atoms with E-state index in [1.165, 1.54) is 360 Å². The van der Waals surface area contributed by atoms with Crippen molar-refractivity contribution in [1.29, 1.82) is 0 Å². The predicted molar refractivity (Wildman–Crippen MR) is 375 cm³/mol. The molecule has 0 fully saturated rings. The van der Waals surface area contributed by atoms with Crippen LogP contribution in [0.2, 0.25) is 0 Å². The van der Waals surface area contributed by atoms with Crippen LogP contribution in [0.4, 0.5) is 0 Å². The monoisotopic (exact) mass is 1190 g/mol. The third-order valence-electron chi connectivity index (χ3n) is 18.2. The van der Waals surface area contributed by atoms with Crippen LogP contribution < -0.4 is 5.32 Å². The molecule has 6 nitrogen and oxygen atoms in total. The quantitative estimate of drug-likeness (QED) is 0.0320. The summed E-state index contributed by atoms with van der Waals surface area (Å²) in [5, 5.41) is 23.3. The van der Waals surface area contributed by atoms with Gasteiger partial charge in [-0.15, -0.1) is 0 Å². The maximum Gasteiger partial charge on any atom is 0.305 e. The van der Waals surface area contributed by atoms with Crippen LogP contribution in [0.15, 0.2) is 36.5 Å². The van der Waals surface area contributed by atoms with Crippen LogP contribution in [-0.4, -0.2) is 47.4 Å². The van der Waals surface area contributed by atoms with Crippen molar-refractivity contribution in [2.45, 2.75) is 443 Å². The highest BCUT2D eigenvalue weighted by Gasteiger charge is 2.18. The molecule has 0 bridgehead atoms. The Balaban J connectivity index is 3.39. The van der Waals surface area contributed by atoms with Gasteiger partial charge in [-0.2, -0.15) is 0 Å². The van der Waals surface area contributed by atoms with E-state index in [1.807, 2.05) is 6.08 Å². The van der Waals surface area contributed by atoms with Gasteiger partial charge < -0.3 is 20.3 Å². The number of unbranched alkanes of at least 4 members (excludes halogenated alkanes) is 58. The van der Waals surface area contributed by atoms with Gasteiger partial charge in [0.25, 0.3) is 0 Å². The van der Waals surface area contributed by atoms with E-state index < -0.39 is 12.1 Å². The number of aliphatic hydroxyl groups excluding tert-OH is 2. The summed E-state index contributed by atoms with van der Waals surface area (Å²) in [6.07, 6.45) is 96.8. The van der Waals surface area contributed by atoms with Crippen LogP contribution in [0.25, 0.3) is 0 Å². The Hall–Kier alpha value is -1.92. The first-order valence-corrected chi connectivity index (χ1v) is 38.8. The van der Waals surface area contributed by atoms with Crippen LogP contribution in [0.1, 0.15) is 431 Å². The molecule has 0 aromatic carbocycles. The smallest absolute Gasteiger partial charge is 0.305 e. The first kappa shape index (κ1) is 83.1.